The number of hydrogen-bond acceptors (Lipinski definition) is 8. The lowest BCUT2D eigenvalue weighted by atomic mass is 10.1. The maximum Gasteiger partial charge on any atom is 0.212 e. The fraction of sp³-hybridized carbons (Fsp3) is 0.211. The van der Waals surface area contributed by atoms with Crippen LogP contribution in [0.25, 0.3) is 21.6 Å². The molecule has 0 aliphatic carbocycles. The first-order valence-electron chi connectivity index (χ1n) is 9.27. The third-order valence-electron chi connectivity index (χ3n) is 5.02. The zero-order valence-corrected chi connectivity index (χ0v) is 16.1. The molecule has 0 saturated carbocycles. The molecule has 4 aromatic rings. The molecule has 3 aromatic heterocycles. The maximum atomic E-state index is 6.09. The van der Waals surface area contributed by atoms with Gasteiger partial charge in [0.25, 0.3) is 0 Å². The molecule has 146 valence electrons. The fourth-order valence-corrected chi connectivity index (χ4v) is 4.48. The lowest BCUT2D eigenvalue weighted by Crippen LogP contribution is -2.31. The van der Waals surface area contributed by atoms with Crippen LogP contribution in [0.4, 0.5) is 5.95 Å². The highest BCUT2D eigenvalue weighted by Gasteiger charge is 2.29. The minimum atomic E-state index is -0.406. The third kappa shape index (κ3) is 2.56. The number of H-pyrrole nitrogens is 1. The number of benzene rings is 1. The van der Waals surface area contributed by atoms with Crippen LogP contribution in [0.3, 0.4) is 0 Å². The molecule has 6 rings (SSSR count). The van der Waals surface area contributed by atoms with E-state index in [0.29, 0.717) is 36.6 Å². The Morgan fingerprint density at radius 3 is 2.90 bits per heavy atom. The predicted molar refractivity (Wildman–Crippen MR) is 111 cm³/mol. The topological polar surface area (TPSA) is 115 Å². The first-order valence-corrected chi connectivity index (χ1v) is 10.1. The number of aromatic amines is 1. The van der Waals surface area contributed by atoms with Gasteiger partial charge in [-0.1, -0.05) is 6.07 Å². The van der Waals surface area contributed by atoms with E-state index in [2.05, 4.69) is 20.5 Å². The Morgan fingerprint density at radius 2 is 2.07 bits per heavy atom. The highest BCUT2D eigenvalue weighted by Crippen LogP contribution is 2.40. The Labute approximate surface area is 169 Å². The zero-order valence-electron chi connectivity index (χ0n) is 15.3. The van der Waals surface area contributed by atoms with E-state index >= 15 is 0 Å². The van der Waals surface area contributed by atoms with Crippen LogP contribution in [0, 0.1) is 0 Å². The Bertz CT molecular complexity index is 1240. The number of hydrogen-bond donors (Lipinski definition) is 3. The third-order valence-corrected chi connectivity index (χ3v) is 5.91. The molecule has 0 bridgehead atoms. The first-order chi connectivity index (χ1) is 14.3. The van der Waals surface area contributed by atoms with Gasteiger partial charge in [0, 0.05) is 24.1 Å². The van der Waals surface area contributed by atoms with E-state index in [9.17, 15) is 0 Å². The number of nitrogens with one attached hydrogen (secondary N) is 2. The van der Waals surface area contributed by atoms with E-state index in [4.69, 9.17) is 20.2 Å². The molecule has 1 unspecified atom stereocenters. The highest BCUT2D eigenvalue weighted by molar-refractivity contribution is 7.13. The molecule has 0 fully saturated rings. The molecule has 0 amide bonds. The van der Waals surface area contributed by atoms with E-state index in [1.807, 2.05) is 34.2 Å². The van der Waals surface area contributed by atoms with Crippen molar-refractivity contribution in [3.05, 3.63) is 41.4 Å². The molecular weight excluding hydrogens is 390 g/mol. The normalized spacial score (nSPS) is 18.1. The number of fused-ring (bicyclic) bond motifs is 4. The van der Waals surface area contributed by atoms with Gasteiger partial charge in [0.15, 0.2) is 23.6 Å². The predicted octanol–water partition coefficient (Wildman–Crippen LogP) is 2.94. The lowest BCUT2D eigenvalue weighted by Gasteiger charge is -2.23. The summed E-state index contributed by atoms with van der Waals surface area (Å²) in [7, 11) is 0. The van der Waals surface area contributed by atoms with Crippen molar-refractivity contribution >= 4 is 34.3 Å². The van der Waals surface area contributed by atoms with Crippen LogP contribution in [-0.4, -0.2) is 38.9 Å². The highest BCUT2D eigenvalue weighted by atomic mass is 32.1. The molecule has 2 aliphatic rings. The second-order valence-electron chi connectivity index (χ2n) is 6.83. The molecule has 10 heteroatoms. The van der Waals surface area contributed by atoms with Crippen LogP contribution in [0.5, 0.6) is 11.5 Å². The number of guanidine groups is 1. The van der Waals surface area contributed by atoms with Gasteiger partial charge in [-0.05, 0) is 11.4 Å². The molecule has 4 N–H and O–H groups in total. The quantitative estimate of drug-likeness (QED) is 0.471. The summed E-state index contributed by atoms with van der Waals surface area (Å²) in [4.78, 5) is 10.5. The van der Waals surface area contributed by atoms with Gasteiger partial charge in [-0.3, -0.25) is 15.0 Å². The van der Waals surface area contributed by atoms with Gasteiger partial charge in [-0.15, -0.1) is 11.3 Å². The Balaban J connectivity index is 1.55. The van der Waals surface area contributed by atoms with Crippen LogP contribution in [0.2, 0.25) is 0 Å². The van der Waals surface area contributed by atoms with Gasteiger partial charge < -0.3 is 15.2 Å². The number of nitrogens with two attached hydrogens (primary N) is 1. The average molecular weight is 407 g/mol. The second-order valence-corrected chi connectivity index (χ2v) is 7.78. The number of aliphatic imine (C=N–C) groups is 1. The van der Waals surface area contributed by atoms with Gasteiger partial charge in [-0.25, -0.2) is 9.98 Å². The van der Waals surface area contributed by atoms with Crippen molar-refractivity contribution < 1.29 is 9.47 Å². The minimum Gasteiger partial charge on any atom is -0.489 e. The summed E-state index contributed by atoms with van der Waals surface area (Å²) in [5.74, 6) is 2.35. The van der Waals surface area contributed by atoms with Crippen LogP contribution in [0.1, 0.15) is 18.2 Å². The van der Waals surface area contributed by atoms with Gasteiger partial charge in [0.2, 0.25) is 5.95 Å². The molecule has 9 nitrogen and oxygen atoms in total. The summed E-state index contributed by atoms with van der Waals surface area (Å²) in [6, 6.07) is 7.93. The van der Waals surface area contributed by atoms with E-state index < -0.39 is 6.17 Å². The van der Waals surface area contributed by atoms with Crippen molar-refractivity contribution in [1.82, 2.24) is 19.7 Å². The molecule has 0 spiro atoms. The van der Waals surface area contributed by atoms with Crippen LogP contribution in [0.15, 0.2) is 40.8 Å². The molecule has 29 heavy (non-hydrogen) atoms. The maximum absolute atomic E-state index is 6.09. The van der Waals surface area contributed by atoms with Crippen LogP contribution in [-0.2, 0) is 0 Å². The number of ether oxygens (including phenoxy) is 2. The molecule has 0 radical (unpaired) electrons. The van der Waals surface area contributed by atoms with Crippen molar-refractivity contribution in [3.8, 4) is 22.1 Å². The van der Waals surface area contributed by atoms with Crippen molar-refractivity contribution in [2.45, 2.75) is 12.6 Å². The number of anilines is 1. The summed E-state index contributed by atoms with van der Waals surface area (Å²) in [6.45, 7) is 1.25. The number of nitrogens with zero attached hydrogens (tertiary/aromatic N) is 4. The number of imidazole rings is 1. The van der Waals surface area contributed by atoms with Crippen molar-refractivity contribution in [3.63, 3.8) is 0 Å². The van der Waals surface area contributed by atoms with Gasteiger partial charge >= 0.3 is 0 Å². The minimum absolute atomic E-state index is 0.310. The number of thiophene rings is 1. The van der Waals surface area contributed by atoms with Gasteiger partial charge in [0.1, 0.15) is 0 Å². The largest absolute Gasteiger partial charge is 0.489 e. The van der Waals surface area contributed by atoms with E-state index in [0.717, 1.165) is 33.6 Å². The number of rotatable bonds is 2. The van der Waals surface area contributed by atoms with E-state index in [-0.39, 0.29) is 0 Å². The standard InChI is InChI=1S/C19H17N7O2S/c20-18-23-17(10-9-21-25-16(10)15-3-1-6-29-15)26-12-8-14-13(27-4-2-5-28-14)7-11(12)22-19(26)24-18/h1,3,6-9,17H,2,4-5H2,(H,21,25)(H3,20,22,23,24). The van der Waals surface area contributed by atoms with Gasteiger partial charge in [0.05, 0.1) is 41.0 Å². The summed E-state index contributed by atoms with van der Waals surface area (Å²) >= 11 is 1.64. The molecule has 5 heterocycles. The summed E-state index contributed by atoms with van der Waals surface area (Å²) < 4.78 is 13.7. The summed E-state index contributed by atoms with van der Waals surface area (Å²) in [6.07, 6.45) is 2.24. The Hall–Kier alpha value is -3.53. The van der Waals surface area contributed by atoms with Crippen LogP contribution < -0.4 is 20.5 Å². The van der Waals surface area contributed by atoms with Crippen molar-refractivity contribution in [2.24, 2.45) is 10.7 Å². The molecule has 1 atom stereocenters. The van der Waals surface area contributed by atoms with E-state index in [1.54, 1.807) is 17.5 Å². The van der Waals surface area contributed by atoms with Crippen molar-refractivity contribution in [2.75, 3.05) is 18.5 Å². The summed E-state index contributed by atoms with van der Waals surface area (Å²) in [5, 5.41) is 12.5. The summed E-state index contributed by atoms with van der Waals surface area (Å²) in [5.41, 5.74) is 9.60. The number of aromatic nitrogens is 4. The molecule has 0 saturated heterocycles. The monoisotopic (exact) mass is 407 g/mol. The zero-order chi connectivity index (χ0) is 19.4. The molecule has 1 aromatic carbocycles. The fourth-order valence-electron chi connectivity index (χ4n) is 3.74. The smallest absolute Gasteiger partial charge is 0.212 e. The van der Waals surface area contributed by atoms with E-state index in [1.165, 1.54) is 0 Å². The second kappa shape index (κ2) is 6.24. The van der Waals surface area contributed by atoms with Gasteiger partial charge in [-0.2, -0.15) is 5.10 Å². The molecule has 2 aliphatic heterocycles. The first kappa shape index (κ1) is 16.4. The van der Waals surface area contributed by atoms with Crippen molar-refractivity contribution in [1.29, 1.82) is 0 Å². The Kier molecular flexibility index (Phi) is 3.54. The Morgan fingerprint density at radius 1 is 1.21 bits per heavy atom. The SMILES string of the molecule is NC1=NC(c2cn[nH]c2-c2cccs2)n2c(nc3cc4c(cc32)OCCCO4)N1. The average Bonchev–Trinajstić information content (AvgIpc) is 3.42. The lowest BCUT2D eigenvalue weighted by molar-refractivity contribution is 0.297. The van der Waals surface area contributed by atoms with Crippen LogP contribution >= 0.6 is 11.3 Å². The molecular formula is C19H17N7O2S.